The monoisotopic (exact) mass is 404 g/mol. The Labute approximate surface area is 169 Å². The molecule has 0 spiro atoms. The van der Waals surface area contributed by atoms with Crippen LogP contribution in [0.4, 0.5) is 25.0 Å². The first kappa shape index (κ1) is 20.9. The fourth-order valence-corrected chi connectivity index (χ4v) is 3.37. The summed E-state index contributed by atoms with van der Waals surface area (Å²) in [6, 6.07) is 10.5. The highest BCUT2D eigenvalue weighted by molar-refractivity contribution is 5.89. The van der Waals surface area contributed by atoms with E-state index >= 15 is 0 Å². The number of nitrogens with one attached hydrogen (secondary N) is 2. The molecule has 2 aromatic carbocycles. The first-order chi connectivity index (χ1) is 14.1. The second kappa shape index (κ2) is 10.1. The lowest BCUT2D eigenvalue weighted by molar-refractivity contribution is 0.244. The predicted molar refractivity (Wildman–Crippen MR) is 110 cm³/mol. The highest BCUT2D eigenvalue weighted by Gasteiger charge is 2.19. The van der Waals surface area contributed by atoms with Crippen LogP contribution in [0.25, 0.3) is 0 Å². The molecule has 8 heteroatoms. The molecule has 1 fully saturated rings. The molecule has 0 saturated carbocycles. The summed E-state index contributed by atoms with van der Waals surface area (Å²) in [7, 11) is 1.68. The number of para-hydroxylation sites is 2. The fourth-order valence-electron chi connectivity index (χ4n) is 3.37. The number of halogens is 2. The van der Waals surface area contributed by atoms with Gasteiger partial charge in [-0.2, -0.15) is 0 Å². The van der Waals surface area contributed by atoms with Gasteiger partial charge in [0.1, 0.15) is 17.4 Å². The fraction of sp³-hybridized carbons (Fsp3) is 0.381. The molecule has 0 atom stereocenters. The second-order valence-corrected chi connectivity index (χ2v) is 6.86. The molecule has 6 nitrogen and oxygen atoms in total. The van der Waals surface area contributed by atoms with Crippen molar-refractivity contribution in [2.24, 2.45) is 0 Å². The largest absolute Gasteiger partial charge is 0.495 e. The molecule has 156 valence electrons. The topological polar surface area (TPSA) is 56.8 Å². The maximum atomic E-state index is 13.5. The predicted octanol–water partition coefficient (Wildman–Crippen LogP) is 3.31. The molecule has 1 aliphatic rings. The van der Waals surface area contributed by atoms with E-state index in [1.807, 2.05) is 18.2 Å². The van der Waals surface area contributed by atoms with Crippen molar-refractivity contribution >= 4 is 17.4 Å². The Morgan fingerprint density at radius 2 is 1.86 bits per heavy atom. The Bertz CT molecular complexity index is 826. The molecule has 2 aromatic rings. The zero-order valence-electron chi connectivity index (χ0n) is 16.5. The SMILES string of the molecule is COc1ccccc1N1CCN(CCCNC(=O)Nc2ccc(F)cc2F)CC1. The van der Waals surface area contributed by atoms with Crippen LogP contribution in [0.1, 0.15) is 6.42 Å². The van der Waals surface area contributed by atoms with E-state index in [4.69, 9.17) is 4.74 Å². The number of benzene rings is 2. The molecule has 2 N–H and O–H groups in total. The number of rotatable bonds is 7. The molecule has 0 unspecified atom stereocenters. The average molecular weight is 404 g/mol. The zero-order chi connectivity index (χ0) is 20.6. The quantitative estimate of drug-likeness (QED) is 0.696. The number of methoxy groups -OCH3 is 1. The molecule has 29 heavy (non-hydrogen) atoms. The van der Waals surface area contributed by atoms with Gasteiger partial charge in [-0.3, -0.25) is 4.90 Å². The van der Waals surface area contributed by atoms with E-state index in [-0.39, 0.29) is 5.69 Å². The Morgan fingerprint density at radius 1 is 1.10 bits per heavy atom. The van der Waals surface area contributed by atoms with E-state index in [1.165, 1.54) is 6.07 Å². The molecule has 0 aliphatic carbocycles. The van der Waals surface area contributed by atoms with Crippen LogP contribution in [-0.4, -0.2) is 57.3 Å². The van der Waals surface area contributed by atoms with Gasteiger partial charge in [0.2, 0.25) is 0 Å². The standard InChI is InChI=1S/C21H26F2N4O2/c1-29-20-6-3-2-5-19(20)27-13-11-26(12-14-27)10-4-9-24-21(28)25-18-8-7-16(22)15-17(18)23/h2-3,5-8,15H,4,9-14H2,1H3,(H2,24,25,28). The van der Waals surface area contributed by atoms with Crippen LogP contribution in [0.3, 0.4) is 0 Å². The third kappa shape index (κ3) is 5.80. The van der Waals surface area contributed by atoms with E-state index in [2.05, 4.69) is 26.5 Å². The number of hydrogen-bond donors (Lipinski definition) is 2. The lowest BCUT2D eigenvalue weighted by atomic mass is 10.2. The van der Waals surface area contributed by atoms with Gasteiger partial charge >= 0.3 is 6.03 Å². The van der Waals surface area contributed by atoms with Gasteiger partial charge < -0.3 is 20.3 Å². The third-order valence-electron chi connectivity index (χ3n) is 4.91. The number of hydrogen-bond acceptors (Lipinski definition) is 4. The Hall–Kier alpha value is -2.87. The van der Waals surface area contributed by atoms with Crippen molar-refractivity contribution in [1.82, 2.24) is 10.2 Å². The molecular formula is C21H26F2N4O2. The molecule has 0 aromatic heterocycles. The zero-order valence-corrected chi connectivity index (χ0v) is 16.5. The van der Waals surface area contributed by atoms with Crippen LogP contribution in [0.5, 0.6) is 5.75 Å². The van der Waals surface area contributed by atoms with Crippen molar-refractivity contribution in [1.29, 1.82) is 0 Å². The Balaban J connectivity index is 1.35. The number of nitrogens with zero attached hydrogens (tertiary/aromatic N) is 2. The van der Waals surface area contributed by atoms with E-state index in [0.29, 0.717) is 6.54 Å². The number of amides is 2. The van der Waals surface area contributed by atoms with E-state index < -0.39 is 17.7 Å². The van der Waals surface area contributed by atoms with E-state index in [0.717, 1.165) is 62.7 Å². The van der Waals surface area contributed by atoms with Crippen LogP contribution < -0.4 is 20.3 Å². The number of ether oxygens (including phenoxy) is 1. The molecule has 0 bridgehead atoms. The summed E-state index contributed by atoms with van der Waals surface area (Å²) >= 11 is 0. The van der Waals surface area contributed by atoms with Crippen molar-refractivity contribution in [2.45, 2.75) is 6.42 Å². The minimum atomic E-state index is -0.798. The van der Waals surface area contributed by atoms with Crippen molar-refractivity contribution in [2.75, 3.05) is 56.6 Å². The van der Waals surface area contributed by atoms with Gasteiger partial charge in [-0.25, -0.2) is 13.6 Å². The van der Waals surface area contributed by atoms with Gasteiger partial charge in [0.05, 0.1) is 18.5 Å². The maximum absolute atomic E-state index is 13.5. The van der Waals surface area contributed by atoms with Crippen LogP contribution in [0.15, 0.2) is 42.5 Å². The van der Waals surface area contributed by atoms with Gasteiger partial charge in [0, 0.05) is 38.8 Å². The minimum absolute atomic E-state index is 0.0450. The summed E-state index contributed by atoms with van der Waals surface area (Å²) in [6.07, 6.45) is 0.786. The highest BCUT2D eigenvalue weighted by atomic mass is 19.1. The smallest absolute Gasteiger partial charge is 0.319 e. The van der Waals surface area contributed by atoms with E-state index in [9.17, 15) is 13.6 Å². The van der Waals surface area contributed by atoms with Gasteiger partial charge in [-0.15, -0.1) is 0 Å². The summed E-state index contributed by atoms with van der Waals surface area (Å²) in [6.45, 7) is 5.04. The molecule has 0 radical (unpaired) electrons. The molecule has 3 rings (SSSR count). The lowest BCUT2D eigenvalue weighted by Crippen LogP contribution is -2.47. The van der Waals surface area contributed by atoms with Gasteiger partial charge in [-0.05, 0) is 37.2 Å². The van der Waals surface area contributed by atoms with Crippen LogP contribution >= 0.6 is 0 Å². The second-order valence-electron chi connectivity index (χ2n) is 6.86. The number of carbonyl (C=O) groups excluding carboxylic acids is 1. The number of piperazine rings is 1. The molecule has 1 heterocycles. The molecule has 1 aliphatic heterocycles. The van der Waals surface area contributed by atoms with Crippen molar-refractivity contribution in [3.8, 4) is 5.75 Å². The summed E-state index contributed by atoms with van der Waals surface area (Å²) in [5.74, 6) is -0.596. The molecule has 2 amide bonds. The highest BCUT2D eigenvalue weighted by Crippen LogP contribution is 2.28. The first-order valence-electron chi connectivity index (χ1n) is 9.67. The Kier molecular flexibility index (Phi) is 7.24. The number of carbonyl (C=O) groups is 1. The Morgan fingerprint density at radius 3 is 2.59 bits per heavy atom. The van der Waals surface area contributed by atoms with Crippen molar-refractivity contribution in [3.05, 3.63) is 54.1 Å². The van der Waals surface area contributed by atoms with Gasteiger partial charge in [0.25, 0.3) is 0 Å². The average Bonchev–Trinajstić information content (AvgIpc) is 2.74. The summed E-state index contributed by atoms with van der Waals surface area (Å²) in [5, 5.41) is 5.08. The summed E-state index contributed by atoms with van der Waals surface area (Å²) in [4.78, 5) is 16.5. The summed E-state index contributed by atoms with van der Waals surface area (Å²) < 4.78 is 31.9. The molecule has 1 saturated heterocycles. The number of urea groups is 1. The van der Waals surface area contributed by atoms with Crippen LogP contribution in [0.2, 0.25) is 0 Å². The molecular weight excluding hydrogens is 378 g/mol. The van der Waals surface area contributed by atoms with Gasteiger partial charge in [0.15, 0.2) is 0 Å². The lowest BCUT2D eigenvalue weighted by Gasteiger charge is -2.36. The van der Waals surface area contributed by atoms with E-state index in [1.54, 1.807) is 7.11 Å². The maximum Gasteiger partial charge on any atom is 0.319 e. The third-order valence-corrected chi connectivity index (χ3v) is 4.91. The normalized spacial score (nSPS) is 14.5. The minimum Gasteiger partial charge on any atom is -0.495 e. The van der Waals surface area contributed by atoms with Gasteiger partial charge in [-0.1, -0.05) is 12.1 Å². The summed E-state index contributed by atoms with van der Waals surface area (Å²) in [5.41, 5.74) is 1.07. The van der Waals surface area contributed by atoms with Crippen LogP contribution in [0, 0.1) is 11.6 Å². The number of anilines is 2. The van der Waals surface area contributed by atoms with Crippen molar-refractivity contribution in [3.63, 3.8) is 0 Å². The van der Waals surface area contributed by atoms with Crippen LogP contribution in [-0.2, 0) is 0 Å². The first-order valence-corrected chi connectivity index (χ1v) is 9.67. The van der Waals surface area contributed by atoms with Crippen molar-refractivity contribution < 1.29 is 18.3 Å².